The number of rotatable bonds is 6. The van der Waals surface area contributed by atoms with Crippen molar-refractivity contribution < 1.29 is 4.79 Å². The predicted octanol–water partition coefficient (Wildman–Crippen LogP) is 2.83. The maximum atomic E-state index is 12.4. The third-order valence-electron chi connectivity index (χ3n) is 3.54. The predicted molar refractivity (Wildman–Crippen MR) is 86.0 cm³/mol. The minimum Gasteiger partial charge on any atom is -0.350 e. The number of pyridine rings is 1. The monoisotopic (exact) mass is 286 g/mol. The molecule has 1 aromatic carbocycles. The van der Waals surface area contributed by atoms with Crippen molar-refractivity contribution in [1.82, 2.24) is 10.3 Å². The van der Waals surface area contributed by atoms with Crippen LogP contribution < -0.4 is 16.6 Å². The topological polar surface area (TPSA) is 80.0 Å². The van der Waals surface area contributed by atoms with Crippen LogP contribution in [0, 0.1) is 0 Å². The Kier molecular flexibility index (Phi) is 5.11. The molecule has 0 fully saturated rings. The first kappa shape index (κ1) is 15.3. The highest BCUT2D eigenvalue weighted by molar-refractivity contribution is 6.09. The van der Waals surface area contributed by atoms with E-state index in [-0.39, 0.29) is 11.9 Å². The third kappa shape index (κ3) is 3.49. The molecule has 112 valence electrons. The van der Waals surface area contributed by atoms with Crippen molar-refractivity contribution in [3.8, 4) is 0 Å². The summed E-state index contributed by atoms with van der Waals surface area (Å²) in [5.41, 5.74) is 3.14. The van der Waals surface area contributed by atoms with Gasteiger partial charge < -0.3 is 10.7 Å². The molecule has 2 aromatic rings. The van der Waals surface area contributed by atoms with Crippen LogP contribution in [0.2, 0.25) is 0 Å². The number of nitrogens with two attached hydrogens (primary N) is 1. The molecule has 0 aliphatic carbocycles. The second-order valence-corrected chi connectivity index (χ2v) is 5.23. The van der Waals surface area contributed by atoms with Crippen molar-refractivity contribution in [1.29, 1.82) is 0 Å². The van der Waals surface area contributed by atoms with Gasteiger partial charge in [-0.2, -0.15) is 0 Å². The Morgan fingerprint density at radius 3 is 2.71 bits per heavy atom. The van der Waals surface area contributed by atoms with Crippen molar-refractivity contribution in [2.24, 2.45) is 5.84 Å². The molecule has 1 amide bonds. The van der Waals surface area contributed by atoms with Gasteiger partial charge in [0.1, 0.15) is 5.82 Å². The van der Waals surface area contributed by atoms with E-state index in [1.165, 1.54) is 0 Å². The summed E-state index contributed by atoms with van der Waals surface area (Å²) in [4.78, 5) is 16.6. The zero-order chi connectivity index (χ0) is 15.2. The molecule has 21 heavy (non-hydrogen) atoms. The molecule has 4 N–H and O–H groups in total. The number of hydrogen-bond donors (Lipinski definition) is 3. The zero-order valence-electron chi connectivity index (χ0n) is 12.5. The molecular weight excluding hydrogens is 264 g/mol. The first-order valence-corrected chi connectivity index (χ1v) is 7.32. The Hall–Kier alpha value is -2.14. The summed E-state index contributed by atoms with van der Waals surface area (Å²) in [5, 5.41) is 4.72. The van der Waals surface area contributed by atoms with E-state index in [0.29, 0.717) is 11.4 Å². The molecule has 1 unspecified atom stereocenters. The second kappa shape index (κ2) is 7.04. The molecule has 0 radical (unpaired) electrons. The van der Waals surface area contributed by atoms with E-state index in [1.54, 1.807) is 6.20 Å². The Labute approximate surface area is 124 Å². The first-order valence-electron chi connectivity index (χ1n) is 7.32. The van der Waals surface area contributed by atoms with Gasteiger partial charge in [0.25, 0.3) is 5.91 Å². The van der Waals surface area contributed by atoms with Crippen LogP contribution in [0.5, 0.6) is 0 Å². The summed E-state index contributed by atoms with van der Waals surface area (Å²) < 4.78 is 0. The summed E-state index contributed by atoms with van der Waals surface area (Å²) in [6.07, 6.45) is 4.79. The zero-order valence-corrected chi connectivity index (χ0v) is 12.5. The van der Waals surface area contributed by atoms with Crippen molar-refractivity contribution in [3.05, 3.63) is 36.0 Å². The minimum atomic E-state index is -0.0918. The van der Waals surface area contributed by atoms with Gasteiger partial charge >= 0.3 is 0 Å². The Morgan fingerprint density at radius 2 is 2.05 bits per heavy atom. The summed E-state index contributed by atoms with van der Waals surface area (Å²) in [6.45, 7) is 4.17. The molecule has 0 saturated heterocycles. The van der Waals surface area contributed by atoms with Crippen molar-refractivity contribution in [2.45, 2.75) is 39.2 Å². The number of aromatic nitrogens is 1. The summed E-state index contributed by atoms with van der Waals surface area (Å²) >= 11 is 0. The van der Waals surface area contributed by atoms with Crippen molar-refractivity contribution in [3.63, 3.8) is 0 Å². The van der Waals surface area contributed by atoms with E-state index in [1.807, 2.05) is 31.2 Å². The lowest BCUT2D eigenvalue weighted by Crippen LogP contribution is -2.32. The van der Waals surface area contributed by atoms with Gasteiger partial charge in [0.2, 0.25) is 0 Å². The largest absolute Gasteiger partial charge is 0.350 e. The number of nitrogens with zero attached hydrogens (tertiary/aromatic N) is 1. The number of benzene rings is 1. The Bertz CT molecular complexity index is 627. The highest BCUT2D eigenvalue weighted by Crippen LogP contribution is 2.23. The Balaban J connectivity index is 2.28. The SMILES string of the molecule is CCCCC(C)NC(=O)c1cnc(NN)c2ccccc12. The van der Waals surface area contributed by atoms with Crippen LogP contribution in [0.15, 0.2) is 30.5 Å². The van der Waals surface area contributed by atoms with Crippen LogP contribution in [0.4, 0.5) is 5.82 Å². The Morgan fingerprint density at radius 1 is 1.33 bits per heavy atom. The molecule has 0 spiro atoms. The van der Waals surface area contributed by atoms with Crippen molar-refractivity contribution in [2.75, 3.05) is 5.43 Å². The number of nitrogen functional groups attached to an aromatic ring is 1. The van der Waals surface area contributed by atoms with Crippen LogP contribution >= 0.6 is 0 Å². The number of hydrazine groups is 1. The quantitative estimate of drug-likeness (QED) is 0.563. The smallest absolute Gasteiger partial charge is 0.253 e. The molecule has 0 aliphatic rings. The fourth-order valence-electron chi connectivity index (χ4n) is 2.37. The van der Waals surface area contributed by atoms with Gasteiger partial charge in [-0.1, -0.05) is 44.0 Å². The fourth-order valence-corrected chi connectivity index (χ4v) is 2.37. The van der Waals surface area contributed by atoms with Crippen LogP contribution in [-0.2, 0) is 0 Å². The number of carbonyl (C=O) groups excluding carboxylic acids is 1. The van der Waals surface area contributed by atoms with Crippen LogP contribution in [0.3, 0.4) is 0 Å². The van der Waals surface area contributed by atoms with Gasteiger partial charge in [0, 0.05) is 17.6 Å². The van der Waals surface area contributed by atoms with E-state index in [0.717, 1.165) is 30.0 Å². The number of fused-ring (bicyclic) bond motifs is 1. The number of anilines is 1. The number of nitrogens with one attached hydrogen (secondary N) is 2. The maximum absolute atomic E-state index is 12.4. The average molecular weight is 286 g/mol. The summed E-state index contributed by atoms with van der Waals surface area (Å²) in [7, 11) is 0. The number of carbonyl (C=O) groups is 1. The number of amides is 1. The van der Waals surface area contributed by atoms with Gasteiger partial charge in [0.15, 0.2) is 0 Å². The van der Waals surface area contributed by atoms with Gasteiger partial charge in [-0.3, -0.25) is 4.79 Å². The van der Waals surface area contributed by atoms with Gasteiger partial charge in [-0.05, 0) is 18.7 Å². The van der Waals surface area contributed by atoms with E-state index in [9.17, 15) is 4.79 Å². The molecule has 1 aromatic heterocycles. The van der Waals surface area contributed by atoms with Gasteiger partial charge in [-0.15, -0.1) is 0 Å². The lowest BCUT2D eigenvalue weighted by atomic mass is 10.1. The standard InChI is InChI=1S/C16H22N4O/c1-3-4-7-11(2)19-16(21)14-10-18-15(20-17)13-9-6-5-8-12(13)14/h5-6,8-11H,3-4,7,17H2,1-2H3,(H,18,20)(H,19,21). The molecular formula is C16H22N4O. The summed E-state index contributed by atoms with van der Waals surface area (Å²) in [5.74, 6) is 5.94. The minimum absolute atomic E-state index is 0.0918. The third-order valence-corrected chi connectivity index (χ3v) is 3.54. The molecule has 5 heteroatoms. The van der Waals surface area contributed by atoms with Crippen LogP contribution in [0.25, 0.3) is 10.8 Å². The van der Waals surface area contributed by atoms with Crippen LogP contribution in [-0.4, -0.2) is 16.9 Å². The normalized spacial score (nSPS) is 12.1. The fraction of sp³-hybridized carbons (Fsp3) is 0.375. The molecule has 1 heterocycles. The number of unbranched alkanes of at least 4 members (excludes halogenated alkanes) is 1. The average Bonchev–Trinajstić information content (AvgIpc) is 2.51. The molecule has 0 saturated carbocycles. The molecule has 0 bridgehead atoms. The first-order chi connectivity index (χ1) is 10.2. The van der Waals surface area contributed by atoms with E-state index in [2.05, 4.69) is 22.7 Å². The van der Waals surface area contributed by atoms with E-state index >= 15 is 0 Å². The second-order valence-electron chi connectivity index (χ2n) is 5.23. The highest BCUT2D eigenvalue weighted by Gasteiger charge is 2.14. The highest BCUT2D eigenvalue weighted by atomic mass is 16.1. The van der Waals surface area contributed by atoms with Gasteiger partial charge in [-0.25, -0.2) is 10.8 Å². The van der Waals surface area contributed by atoms with Crippen molar-refractivity contribution >= 4 is 22.5 Å². The van der Waals surface area contributed by atoms with E-state index < -0.39 is 0 Å². The van der Waals surface area contributed by atoms with E-state index in [4.69, 9.17) is 5.84 Å². The molecule has 2 rings (SSSR count). The molecule has 0 aliphatic heterocycles. The molecule has 5 nitrogen and oxygen atoms in total. The number of hydrogen-bond acceptors (Lipinski definition) is 4. The summed E-state index contributed by atoms with van der Waals surface area (Å²) in [6, 6.07) is 7.76. The van der Waals surface area contributed by atoms with Crippen LogP contribution in [0.1, 0.15) is 43.5 Å². The lowest BCUT2D eigenvalue weighted by molar-refractivity contribution is 0.0939. The lowest BCUT2D eigenvalue weighted by Gasteiger charge is -2.15. The maximum Gasteiger partial charge on any atom is 0.253 e. The van der Waals surface area contributed by atoms with Gasteiger partial charge in [0.05, 0.1) is 5.56 Å². The molecule has 1 atom stereocenters.